The second-order valence-electron chi connectivity index (χ2n) is 13.2. The minimum absolute atomic E-state index is 0.0638. The van der Waals surface area contributed by atoms with Crippen LogP contribution in [-0.2, 0) is 9.53 Å². The summed E-state index contributed by atoms with van der Waals surface area (Å²) in [6.45, 7) is 14.0. The highest BCUT2D eigenvalue weighted by atomic mass is 16.5. The Hall–Kier alpha value is -0.530. The zero-order valence-electron chi connectivity index (χ0n) is 21.4. The maximum absolute atomic E-state index is 12.1. The van der Waals surface area contributed by atoms with E-state index in [4.69, 9.17) is 4.74 Å². The maximum atomic E-state index is 12.1. The van der Waals surface area contributed by atoms with Gasteiger partial charge in [-0.3, -0.25) is 4.79 Å². The summed E-state index contributed by atoms with van der Waals surface area (Å²) in [6, 6.07) is 0. The van der Waals surface area contributed by atoms with Crippen molar-refractivity contribution in [3.8, 4) is 0 Å². The van der Waals surface area contributed by atoms with Gasteiger partial charge in [-0.25, -0.2) is 0 Å². The summed E-state index contributed by atoms with van der Waals surface area (Å²) in [7, 11) is 0. The van der Waals surface area contributed by atoms with E-state index in [0.29, 0.717) is 22.7 Å². The monoisotopic (exact) mass is 430 g/mol. The van der Waals surface area contributed by atoms with Crippen molar-refractivity contribution < 1.29 is 9.53 Å². The van der Waals surface area contributed by atoms with E-state index in [1.165, 1.54) is 70.6 Å². The van der Waals surface area contributed by atoms with Crippen LogP contribution in [-0.4, -0.2) is 12.1 Å². The molecule has 31 heavy (non-hydrogen) atoms. The molecule has 0 aromatic heterocycles. The highest BCUT2D eigenvalue weighted by molar-refractivity contribution is 5.66. The van der Waals surface area contributed by atoms with Gasteiger partial charge in [0.25, 0.3) is 0 Å². The van der Waals surface area contributed by atoms with Crippen molar-refractivity contribution in [2.45, 2.75) is 125 Å². The van der Waals surface area contributed by atoms with Crippen LogP contribution in [0.15, 0.2) is 0 Å². The van der Waals surface area contributed by atoms with Crippen LogP contribution in [0.4, 0.5) is 0 Å². The quantitative estimate of drug-likeness (QED) is 0.398. The first-order chi connectivity index (χ1) is 14.7. The third kappa shape index (κ3) is 4.23. The van der Waals surface area contributed by atoms with Crippen LogP contribution in [0, 0.1) is 52.3 Å². The molecule has 0 radical (unpaired) electrons. The van der Waals surface area contributed by atoms with Gasteiger partial charge in [-0.2, -0.15) is 0 Å². The van der Waals surface area contributed by atoms with Gasteiger partial charge >= 0.3 is 5.97 Å². The Morgan fingerprint density at radius 3 is 2.42 bits per heavy atom. The summed E-state index contributed by atoms with van der Waals surface area (Å²) in [6.07, 6.45) is 16.7. The lowest BCUT2D eigenvalue weighted by Gasteiger charge is -2.60. The zero-order valence-corrected chi connectivity index (χ0v) is 21.4. The Kier molecular flexibility index (Phi) is 6.87. The molecule has 0 spiro atoms. The van der Waals surface area contributed by atoms with Gasteiger partial charge in [0.1, 0.15) is 6.10 Å². The van der Waals surface area contributed by atoms with E-state index in [-0.39, 0.29) is 12.1 Å². The molecule has 0 aliphatic heterocycles. The zero-order chi connectivity index (χ0) is 22.4. The van der Waals surface area contributed by atoms with Gasteiger partial charge in [-0.15, -0.1) is 0 Å². The van der Waals surface area contributed by atoms with Crippen LogP contribution < -0.4 is 0 Å². The molecule has 1 unspecified atom stereocenters. The average Bonchev–Trinajstić information content (AvgIpc) is 2.98. The normalized spacial score (nSPS) is 45.5. The van der Waals surface area contributed by atoms with Crippen LogP contribution in [0.1, 0.15) is 119 Å². The molecule has 0 saturated heterocycles. The molecule has 2 nitrogen and oxygen atoms in total. The molecule has 0 amide bonds. The number of rotatable bonds is 6. The first-order valence-corrected chi connectivity index (χ1v) is 13.8. The van der Waals surface area contributed by atoms with E-state index in [2.05, 4.69) is 34.6 Å². The van der Waals surface area contributed by atoms with Crippen LogP contribution in [0.25, 0.3) is 0 Å². The van der Waals surface area contributed by atoms with Crippen molar-refractivity contribution in [3.63, 3.8) is 0 Å². The van der Waals surface area contributed by atoms with Crippen molar-refractivity contribution in [1.82, 2.24) is 0 Å². The first kappa shape index (κ1) is 23.6. The number of ether oxygens (including phenoxy) is 1. The third-order valence-electron chi connectivity index (χ3n) is 11.0. The lowest BCUT2D eigenvalue weighted by Crippen LogP contribution is -2.53. The predicted octanol–water partition coefficient (Wildman–Crippen LogP) is 8.04. The maximum Gasteiger partial charge on any atom is 0.302 e. The summed E-state index contributed by atoms with van der Waals surface area (Å²) in [5.74, 6) is 5.43. The predicted molar refractivity (Wildman–Crippen MR) is 129 cm³/mol. The highest BCUT2D eigenvalue weighted by Crippen LogP contribution is 2.68. The van der Waals surface area contributed by atoms with Crippen molar-refractivity contribution in [1.29, 1.82) is 0 Å². The molecule has 4 aliphatic rings. The van der Waals surface area contributed by atoms with Crippen LogP contribution >= 0.6 is 0 Å². The fourth-order valence-corrected chi connectivity index (χ4v) is 9.70. The van der Waals surface area contributed by atoms with E-state index in [1.807, 2.05) is 0 Å². The number of fused-ring (bicyclic) bond motifs is 5. The number of carbonyl (C=O) groups is 1. The molecular weight excluding hydrogens is 380 g/mol. The fourth-order valence-electron chi connectivity index (χ4n) is 9.70. The van der Waals surface area contributed by atoms with E-state index < -0.39 is 0 Å². The van der Waals surface area contributed by atoms with Gasteiger partial charge in [-0.05, 0) is 91.3 Å². The van der Waals surface area contributed by atoms with Crippen molar-refractivity contribution in [2.75, 3.05) is 0 Å². The molecular formula is C29H50O2. The molecule has 0 heterocycles. The fraction of sp³-hybridized carbons (Fsp3) is 0.966. The van der Waals surface area contributed by atoms with E-state index in [0.717, 1.165) is 36.0 Å². The first-order valence-electron chi connectivity index (χ1n) is 13.8. The van der Waals surface area contributed by atoms with Gasteiger partial charge in [-0.1, -0.05) is 66.7 Å². The molecule has 4 aliphatic carbocycles. The molecule has 0 aromatic rings. The largest absolute Gasteiger partial charge is 0.462 e. The lowest BCUT2D eigenvalue weighted by molar-refractivity contribution is -0.150. The Labute approximate surface area is 192 Å². The Morgan fingerprint density at radius 1 is 0.935 bits per heavy atom. The summed E-state index contributed by atoms with van der Waals surface area (Å²) >= 11 is 0. The summed E-state index contributed by atoms with van der Waals surface area (Å²) in [5, 5.41) is 0. The Morgan fingerprint density at radius 2 is 1.71 bits per heavy atom. The minimum atomic E-state index is -0.0638. The topological polar surface area (TPSA) is 26.3 Å². The van der Waals surface area contributed by atoms with Crippen LogP contribution in [0.5, 0.6) is 0 Å². The summed E-state index contributed by atoms with van der Waals surface area (Å²) < 4.78 is 6.10. The van der Waals surface area contributed by atoms with E-state index >= 15 is 0 Å². The molecule has 4 rings (SSSR count). The molecule has 178 valence electrons. The van der Waals surface area contributed by atoms with Crippen LogP contribution in [0.2, 0.25) is 0 Å². The summed E-state index contributed by atoms with van der Waals surface area (Å²) in [5.41, 5.74) is 0.941. The molecule has 4 saturated carbocycles. The molecule has 0 N–H and O–H groups in total. The number of hydrogen-bond donors (Lipinski definition) is 0. The molecule has 9 atom stereocenters. The second-order valence-corrected chi connectivity index (χ2v) is 13.2. The van der Waals surface area contributed by atoms with Gasteiger partial charge in [0.2, 0.25) is 0 Å². The highest BCUT2D eigenvalue weighted by Gasteiger charge is 2.63. The Balaban J connectivity index is 1.57. The van der Waals surface area contributed by atoms with Gasteiger partial charge < -0.3 is 4.74 Å². The Bertz CT molecular complexity index is 641. The minimum Gasteiger partial charge on any atom is -0.462 e. The second kappa shape index (κ2) is 9.02. The van der Waals surface area contributed by atoms with Crippen molar-refractivity contribution in [3.05, 3.63) is 0 Å². The molecule has 0 aromatic carbocycles. The van der Waals surface area contributed by atoms with Crippen molar-refractivity contribution in [2.24, 2.45) is 52.3 Å². The lowest BCUT2D eigenvalue weighted by atomic mass is 9.44. The third-order valence-corrected chi connectivity index (χ3v) is 11.0. The van der Waals surface area contributed by atoms with E-state index in [9.17, 15) is 4.79 Å². The van der Waals surface area contributed by atoms with Gasteiger partial charge in [0.05, 0.1) is 0 Å². The average molecular weight is 431 g/mol. The molecule has 2 heteroatoms. The van der Waals surface area contributed by atoms with E-state index in [1.54, 1.807) is 6.92 Å². The standard InChI is InChI=1S/C29H50O2/c1-19(2)10-9-11-20(3)27-26(31-21(4)30)18-25-23-14-13-22-12-7-8-16-28(22,5)24(23)15-17-29(25,27)6/h19-20,22-27H,7-18H2,1-6H3/t20-,22-,23-,24+,25+,26?,27+,28+,29+/m1/s1. The smallest absolute Gasteiger partial charge is 0.302 e. The SMILES string of the molecule is CC(=O)OC1C[C@H]2[C@@H]3CC[C@H]4CCCC[C@]4(C)[C@H]3CC[C@]2(C)[C@H]1[C@H](C)CCCC(C)C. The van der Waals surface area contributed by atoms with Gasteiger partial charge in [0.15, 0.2) is 0 Å². The molecule has 4 fully saturated rings. The number of carbonyl (C=O) groups excluding carboxylic acids is 1. The van der Waals surface area contributed by atoms with Crippen LogP contribution in [0.3, 0.4) is 0 Å². The molecule has 0 bridgehead atoms. The summed E-state index contributed by atoms with van der Waals surface area (Å²) in [4.78, 5) is 12.1. The number of esters is 1. The number of hydrogen-bond acceptors (Lipinski definition) is 2. The van der Waals surface area contributed by atoms with Crippen molar-refractivity contribution >= 4 is 5.97 Å². The van der Waals surface area contributed by atoms with Gasteiger partial charge in [0, 0.05) is 12.8 Å².